The van der Waals surface area contributed by atoms with Crippen molar-refractivity contribution in [3.8, 4) is 0 Å². The molecule has 4 rings (SSSR count). The first-order valence-corrected chi connectivity index (χ1v) is 10.3. The third kappa shape index (κ3) is 3.86. The van der Waals surface area contributed by atoms with Crippen molar-refractivity contribution in [1.29, 1.82) is 0 Å². The minimum absolute atomic E-state index is 0. The van der Waals surface area contributed by atoms with Crippen LogP contribution in [0.4, 0.5) is 0 Å². The van der Waals surface area contributed by atoms with Crippen LogP contribution in [-0.2, 0) is 11.8 Å². The maximum atomic E-state index is 6.01. The van der Waals surface area contributed by atoms with Crippen molar-refractivity contribution in [2.24, 2.45) is 17.5 Å². The fourth-order valence-electron chi connectivity index (χ4n) is 5.06. The lowest BCUT2D eigenvalue weighted by Gasteiger charge is -2.61. The van der Waals surface area contributed by atoms with Crippen molar-refractivity contribution in [3.63, 3.8) is 0 Å². The lowest BCUT2D eigenvalue weighted by molar-refractivity contribution is -0.168. The first kappa shape index (κ1) is 20.9. The minimum Gasteiger partial charge on any atom is -0.378 e. The Morgan fingerprint density at radius 2 is 2.22 bits per heavy atom. The summed E-state index contributed by atoms with van der Waals surface area (Å²) < 4.78 is 7.91. The highest BCUT2D eigenvalue weighted by molar-refractivity contribution is 14.0. The molecule has 2 heterocycles. The summed E-state index contributed by atoms with van der Waals surface area (Å²) in [6.45, 7) is 7.99. The van der Waals surface area contributed by atoms with Gasteiger partial charge >= 0.3 is 0 Å². The van der Waals surface area contributed by atoms with Crippen molar-refractivity contribution < 1.29 is 4.74 Å². The summed E-state index contributed by atoms with van der Waals surface area (Å²) in [5, 5.41) is 8.17. The van der Waals surface area contributed by atoms with Crippen molar-refractivity contribution in [2.45, 2.75) is 64.0 Å². The fourth-order valence-corrected chi connectivity index (χ4v) is 5.06. The number of nitrogens with zero attached hydrogens (tertiary/aromatic N) is 4. The molecule has 6 nitrogen and oxygen atoms in total. The number of aromatic nitrogens is 2. The quantitative estimate of drug-likeness (QED) is 0.394. The van der Waals surface area contributed by atoms with Gasteiger partial charge in [0.15, 0.2) is 5.96 Å². The highest BCUT2D eigenvalue weighted by Crippen LogP contribution is 2.57. The smallest absolute Gasteiger partial charge is 0.194 e. The summed E-state index contributed by atoms with van der Waals surface area (Å²) in [6, 6.07) is 0.524. The highest BCUT2D eigenvalue weighted by Gasteiger charge is 2.59. The van der Waals surface area contributed by atoms with Gasteiger partial charge in [0, 0.05) is 56.9 Å². The zero-order valence-corrected chi connectivity index (χ0v) is 19.2. The van der Waals surface area contributed by atoms with E-state index in [2.05, 4.69) is 35.4 Å². The van der Waals surface area contributed by atoms with Crippen LogP contribution in [0.25, 0.3) is 0 Å². The van der Waals surface area contributed by atoms with Crippen LogP contribution in [-0.4, -0.2) is 59.0 Å². The molecule has 3 atom stereocenters. The summed E-state index contributed by atoms with van der Waals surface area (Å²) in [7, 11) is 1.99. The molecule has 27 heavy (non-hydrogen) atoms. The number of aliphatic imine (C=N–C) groups is 1. The summed E-state index contributed by atoms with van der Waals surface area (Å²) in [4.78, 5) is 7.27. The summed E-state index contributed by atoms with van der Waals surface area (Å²) >= 11 is 0. The van der Waals surface area contributed by atoms with Crippen LogP contribution in [0, 0.1) is 5.41 Å². The average molecular weight is 487 g/mol. The Morgan fingerprint density at radius 3 is 2.81 bits per heavy atom. The molecule has 1 spiro atoms. The van der Waals surface area contributed by atoms with E-state index in [-0.39, 0.29) is 24.0 Å². The second kappa shape index (κ2) is 8.68. The van der Waals surface area contributed by atoms with Gasteiger partial charge in [-0.2, -0.15) is 5.10 Å². The Bertz CT molecular complexity index is 657. The van der Waals surface area contributed by atoms with Crippen molar-refractivity contribution in [2.75, 3.05) is 26.2 Å². The SMILES string of the molecule is CCN=C(NC1CC(OCC)C12CCC2)N1CCC(c2cnn(C)c2)C1.I. The molecular formula is C20H34IN5O. The van der Waals surface area contributed by atoms with Crippen LogP contribution in [0.5, 0.6) is 0 Å². The summed E-state index contributed by atoms with van der Waals surface area (Å²) in [5.41, 5.74) is 1.72. The van der Waals surface area contributed by atoms with Gasteiger partial charge in [-0.1, -0.05) is 6.42 Å². The summed E-state index contributed by atoms with van der Waals surface area (Å²) in [5.74, 6) is 1.66. The molecule has 3 fully saturated rings. The number of rotatable bonds is 5. The van der Waals surface area contributed by atoms with E-state index in [0.717, 1.165) is 38.6 Å². The van der Waals surface area contributed by atoms with Gasteiger partial charge in [0.2, 0.25) is 0 Å². The number of ether oxygens (including phenoxy) is 1. The second-order valence-corrected chi connectivity index (χ2v) is 8.14. The molecule has 0 amide bonds. The molecule has 1 N–H and O–H groups in total. The third-order valence-corrected chi connectivity index (χ3v) is 6.73. The van der Waals surface area contributed by atoms with E-state index in [1.54, 1.807) is 0 Å². The average Bonchev–Trinajstić information content (AvgIpc) is 3.20. The fraction of sp³-hybridized carbons (Fsp3) is 0.800. The Labute approximate surface area is 180 Å². The predicted molar refractivity (Wildman–Crippen MR) is 119 cm³/mol. The standard InChI is InChI=1S/C20H33N5O.HI/c1-4-21-19(23-17-11-18(26-5-2)20(17)8-6-9-20)25-10-7-15(14-25)16-12-22-24(3)13-16;/h12-13,15,17-18H,4-11,14H2,1-3H3,(H,21,23);1H. The minimum atomic E-state index is 0. The van der Waals surface area contributed by atoms with Crippen LogP contribution < -0.4 is 5.32 Å². The lowest BCUT2D eigenvalue weighted by Crippen LogP contribution is -2.68. The van der Waals surface area contributed by atoms with Gasteiger partial charge in [-0.05, 0) is 45.1 Å². The number of hydrogen-bond acceptors (Lipinski definition) is 3. The van der Waals surface area contributed by atoms with Gasteiger partial charge in [-0.15, -0.1) is 24.0 Å². The monoisotopic (exact) mass is 487 g/mol. The normalized spacial score (nSPS) is 29.2. The molecule has 1 aromatic rings. The largest absolute Gasteiger partial charge is 0.378 e. The first-order valence-electron chi connectivity index (χ1n) is 10.3. The molecule has 0 bridgehead atoms. The molecule has 152 valence electrons. The van der Waals surface area contributed by atoms with Crippen LogP contribution >= 0.6 is 24.0 Å². The van der Waals surface area contributed by atoms with E-state index in [1.165, 1.54) is 31.2 Å². The Hall–Kier alpha value is -0.830. The van der Waals surface area contributed by atoms with E-state index in [9.17, 15) is 0 Å². The molecule has 7 heteroatoms. The number of hydrogen-bond donors (Lipinski definition) is 1. The van der Waals surface area contributed by atoms with Crippen molar-refractivity contribution >= 4 is 29.9 Å². The lowest BCUT2D eigenvalue weighted by atomic mass is 9.51. The van der Waals surface area contributed by atoms with Crippen LogP contribution in [0.1, 0.15) is 57.4 Å². The number of likely N-dealkylation sites (tertiary alicyclic amines) is 1. The Balaban J connectivity index is 0.00000210. The van der Waals surface area contributed by atoms with E-state index >= 15 is 0 Å². The number of nitrogens with one attached hydrogen (secondary N) is 1. The second-order valence-electron chi connectivity index (χ2n) is 8.14. The number of guanidine groups is 1. The maximum Gasteiger partial charge on any atom is 0.194 e. The molecule has 3 aliphatic rings. The van der Waals surface area contributed by atoms with E-state index in [4.69, 9.17) is 9.73 Å². The highest BCUT2D eigenvalue weighted by atomic mass is 127. The van der Waals surface area contributed by atoms with Crippen molar-refractivity contribution in [1.82, 2.24) is 20.0 Å². The van der Waals surface area contributed by atoms with Gasteiger partial charge in [0.25, 0.3) is 0 Å². The van der Waals surface area contributed by atoms with Gasteiger partial charge in [-0.25, -0.2) is 0 Å². The molecule has 1 aliphatic heterocycles. The van der Waals surface area contributed by atoms with E-state index in [0.29, 0.717) is 23.5 Å². The molecule has 3 unspecified atom stereocenters. The van der Waals surface area contributed by atoms with Crippen LogP contribution in [0.2, 0.25) is 0 Å². The molecule has 1 aromatic heterocycles. The molecule has 2 saturated carbocycles. The zero-order valence-electron chi connectivity index (χ0n) is 16.9. The summed E-state index contributed by atoms with van der Waals surface area (Å²) in [6.07, 6.45) is 10.8. The van der Waals surface area contributed by atoms with E-state index in [1.807, 2.05) is 17.9 Å². The van der Waals surface area contributed by atoms with Crippen molar-refractivity contribution in [3.05, 3.63) is 18.0 Å². The van der Waals surface area contributed by atoms with Gasteiger partial charge in [0.05, 0.1) is 12.3 Å². The molecule has 2 aliphatic carbocycles. The van der Waals surface area contributed by atoms with Crippen LogP contribution in [0.15, 0.2) is 17.4 Å². The number of aryl methyl sites for hydroxylation is 1. The maximum absolute atomic E-state index is 6.01. The Kier molecular flexibility index (Phi) is 6.71. The third-order valence-electron chi connectivity index (χ3n) is 6.73. The first-order chi connectivity index (χ1) is 12.7. The molecule has 0 radical (unpaired) electrons. The Morgan fingerprint density at radius 1 is 1.41 bits per heavy atom. The topological polar surface area (TPSA) is 54.7 Å². The molecular weight excluding hydrogens is 453 g/mol. The number of halogens is 1. The molecule has 1 saturated heterocycles. The van der Waals surface area contributed by atoms with Crippen LogP contribution in [0.3, 0.4) is 0 Å². The van der Waals surface area contributed by atoms with Gasteiger partial charge in [-0.3, -0.25) is 9.67 Å². The molecule has 0 aromatic carbocycles. The predicted octanol–water partition coefficient (Wildman–Crippen LogP) is 3.14. The van der Waals surface area contributed by atoms with Gasteiger partial charge < -0.3 is 15.0 Å². The van der Waals surface area contributed by atoms with E-state index < -0.39 is 0 Å². The van der Waals surface area contributed by atoms with Gasteiger partial charge in [0.1, 0.15) is 0 Å². The zero-order chi connectivity index (χ0) is 18.1.